The van der Waals surface area contributed by atoms with E-state index in [9.17, 15) is 0 Å². The standard InChI is InChI=1S/C11H28N4P/c1-13(2)16(14(3)4,15(5)6)12-11-9-7-8-10-11/h11-12H,7-10H2,1-6H3/q+1. The molecule has 0 spiro atoms. The van der Waals surface area contributed by atoms with E-state index in [-0.39, 0.29) is 0 Å². The Morgan fingerprint density at radius 1 is 0.812 bits per heavy atom. The zero-order chi connectivity index (χ0) is 12.3. The zero-order valence-corrected chi connectivity index (χ0v) is 12.6. The van der Waals surface area contributed by atoms with E-state index in [1.807, 2.05) is 0 Å². The van der Waals surface area contributed by atoms with E-state index in [2.05, 4.69) is 61.4 Å². The highest BCUT2D eigenvalue weighted by atomic mass is 31.2. The predicted octanol–water partition coefficient (Wildman–Crippen LogP) is 1.88. The summed E-state index contributed by atoms with van der Waals surface area (Å²) in [5, 5.41) is 3.92. The average Bonchev–Trinajstić information content (AvgIpc) is 2.64. The predicted molar refractivity (Wildman–Crippen MR) is 73.4 cm³/mol. The van der Waals surface area contributed by atoms with Crippen LogP contribution >= 0.6 is 7.87 Å². The number of hydrogen-bond donors (Lipinski definition) is 1. The maximum atomic E-state index is 3.92. The van der Waals surface area contributed by atoms with Crippen molar-refractivity contribution in [3.05, 3.63) is 0 Å². The van der Waals surface area contributed by atoms with E-state index in [0.29, 0.717) is 6.04 Å². The van der Waals surface area contributed by atoms with Crippen LogP contribution in [0.4, 0.5) is 0 Å². The maximum absolute atomic E-state index is 3.92. The van der Waals surface area contributed by atoms with Crippen molar-refractivity contribution in [3.63, 3.8) is 0 Å². The normalized spacial score (nSPS) is 19.3. The fraction of sp³-hybridized carbons (Fsp3) is 1.00. The third-order valence-electron chi connectivity index (χ3n) is 3.38. The molecule has 0 aromatic heterocycles. The summed E-state index contributed by atoms with van der Waals surface area (Å²) >= 11 is 0. The van der Waals surface area contributed by atoms with E-state index in [1.54, 1.807) is 0 Å². The van der Waals surface area contributed by atoms with Crippen molar-refractivity contribution in [1.29, 1.82) is 0 Å². The molecule has 1 saturated carbocycles. The molecule has 4 nitrogen and oxygen atoms in total. The molecule has 96 valence electrons. The van der Waals surface area contributed by atoms with Gasteiger partial charge in [0.25, 0.3) is 0 Å². The summed E-state index contributed by atoms with van der Waals surface area (Å²) in [7, 11) is 11.5. The minimum Gasteiger partial charge on any atom is -0.143 e. The fourth-order valence-electron chi connectivity index (χ4n) is 2.72. The SMILES string of the molecule is CN(C)[P+](NC1CCCC1)(N(C)C)N(C)C. The molecular formula is C11H28N4P+. The van der Waals surface area contributed by atoms with Crippen LogP contribution in [0.3, 0.4) is 0 Å². The highest BCUT2D eigenvalue weighted by Crippen LogP contribution is 2.60. The molecule has 0 aliphatic heterocycles. The molecule has 0 radical (unpaired) electrons. The molecule has 0 amide bonds. The molecule has 16 heavy (non-hydrogen) atoms. The Morgan fingerprint density at radius 2 is 1.19 bits per heavy atom. The summed E-state index contributed by atoms with van der Waals surface area (Å²) in [4.78, 5) is 0. The van der Waals surface area contributed by atoms with Gasteiger partial charge in [-0.25, -0.2) is 0 Å². The van der Waals surface area contributed by atoms with Gasteiger partial charge in [-0.15, -0.1) is 19.1 Å². The second-order valence-electron chi connectivity index (χ2n) is 5.22. The number of nitrogens with zero attached hydrogens (tertiary/aromatic N) is 3. The van der Waals surface area contributed by atoms with Gasteiger partial charge in [0.1, 0.15) is 0 Å². The second kappa shape index (κ2) is 5.74. The molecule has 5 heteroatoms. The summed E-state index contributed by atoms with van der Waals surface area (Å²) in [6.45, 7) is 0. The van der Waals surface area contributed by atoms with Gasteiger partial charge < -0.3 is 0 Å². The number of hydrogen-bond acceptors (Lipinski definition) is 4. The molecular weight excluding hydrogens is 219 g/mol. The van der Waals surface area contributed by atoms with Gasteiger partial charge in [0.2, 0.25) is 0 Å². The van der Waals surface area contributed by atoms with Crippen molar-refractivity contribution in [3.8, 4) is 0 Å². The van der Waals surface area contributed by atoms with Crippen LogP contribution in [0.2, 0.25) is 0 Å². The van der Waals surface area contributed by atoms with Crippen LogP contribution in [0.15, 0.2) is 0 Å². The minimum absolute atomic E-state index is 0.695. The second-order valence-corrected chi connectivity index (χ2v) is 9.02. The lowest BCUT2D eigenvalue weighted by atomic mass is 10.3. The molecule has 0 atom stereocenters. The van der Waals surface area contributed by atoms with Crippen LogP contribution in [0.5, 0.6) is 0 Å². The van der Waals surface area contributed by atoms with Gasteiger partial charge in [0.05, 0.1) is 0 Å². The molecule has 1 aliphatic carbocycles. The summed E-state index contributed by atoms with van der Waals surface area (Å²) in [6, 6.07) is 0.695. The lowest BCUT2D eigenvalue weighted by molar-refractivity contribution is 0.424. The highest BCUT2D eigenvalue weighted by molar-refractivity contribution is 7.66. The third kappa shape index (κ3) is 2.74. The van der Waals surface area contributed by atoms with E-state index in [0.717, 1.165) is 0 Å². The first-order valence-electron chi connectivity index (χ1n) is 6.11. The van der Waals surface area contributed by atoms with E-state index >= 15 is 0 Å². The van der Waals surface area contributed by atoms with E-state index < -0.39 is 7.87 Å². The Hall–Kier alpha value is 0.270. The lowest BCUT2D eigenvalue weighted by Gasteiger charge is -2.40. The molecule has 0 unspecified atom stereocenters. The van der Waals surface area contributed by atoms with Crippen LogP contribution < -0.4 is 5.09 Å². The number of nitrogens with one attached hydrogen (secondary N) is 1. The average molecular weight is 247 g/mol. The first kappa shape index (κ1) is 14.3. The van der Waals surface area contributed by atoms with Gasteiger partial charge >= 0.3 is 7.87 Å². The summed E-state index contributed by atoms with van der Waals surface area (Å²) in [5.41, 5.74) is 0. The first-order valence-corrected chi connectivity index (χ1v) is 7.76. The van der Waals surface area contributed by atoms with Gasteiger partial charge in [-0.2, -0.15) is 0 Å². The lowest BCUT2D eigenvalue weighted by Crippen LogP contribution is -2.47. The molecule has 1 aliphatic rings. The Balaban J connectivity index is 2.82. The van der Waals surface area contributed by atoms with Gasteiger partial charge in [0.15, 0.2) is 0 Å². The number of rotatable bonds is 5. The first-order chi connectivity index (χ1) is 7.41. The molecule has 0 aromatic rings. The molecule has 0 aromatic carbocycles. The van der Waals surface area contributed by atoms with Crippen molar-refractivity contribution < 1.29 is 0 Å². The Labute approximate surface area is 102 Å². The zero-order valence-electron chi connectivity index (χ0n) is 11.7. The molecule has 1 N–H and O–H groups in total. The Morgan fingerprint density at radius 3 is 1.50 bits per heavy atom. The molecule has 0 heterocycles. The van der Waals surface area contributed by atoms with Crippen molar-refractivity contribution in [2.75, 3.05) is 42.3 Å². The Kier molecular flexibility index (Phi) is 5.14. The van der Waals surface area contributed by atoms with Crippen molar-refractivity contribution >= 4 is 7.87 Å². The largest absolute Gasteiger partial charge is 0.304 e. The molecule has 1 fully saturated rings. The van der Waals surface area contributed by atoms with Crippen LogP contribution in [0.1, 0.15) is 25.7 Å². The molecule has 1 rings (SSSR count). The monoisotopic (exact) mass is 247 g/mol. The van der Waals surface area contributed by atoms with Crippen LogP contribution in [-0.4, -0.2) is 62.3 Å². The summed E-state index contributed by atoms with van der Waals surface area (Å²) in [6.07, 6.45) is 5.42. The fourth-order valence-corrected chi connectivity index (χ4v) is 6.31. The van der Waals surface area contributed by atoms with Gasteiger partial charge in [-0.3, -0.25) is 0 Å². The Bertz CT molecular complexity index is 190. The van der Waals surface area contributed by atoms with Crippen molar-refractivity contribution in [2.24, 2.45) is 0 Å². The van der Waals surface area contributed by atoms with Gasteiger partial charge in [0, 0.05) is 48.3 Å². The topological polar surface area (TPSA) is 21.8 Å². The molecule has 0 saturated heterocycles. The molecule has 0 bridgehead atoms. The van der Waals surface area contributed by atoms with Crippen LogP contribution in [0.25, 0.3) is 0 Å². The smallest absolute Gasteiger partial charge is 0.143 e. The maximum Gasteiger partial charge on any atom is 0.304 e. The highest BCUT2D eigenvalue weighted by Gasteiger charge is 2.49. The van der Waals surface area contributed by atoms with Crippen molar-refractivity contribution in [1.82, 2.24) is 19.1 Å². The summed E-state index contributed by atoms with van der Waals surface area (Å²) < 4.78 is 7.06. The minimum atomic E-state index is -1.51. The van der Waals surface area contributed by atoms with Crippen molar-refractivity contribution in [2.45, 2.75) is 31.7 Å². The van der Waals surface area contributed by atoms with Gasteiger partial charge in [-0.05, 0) is 12.8 Å². The third-order valence-corrected chi connectivity index (χ3v) is 7.44. The van der Waals surface area contributed by atoms with Crippen LogP contribution in [0, 0.1) is 0 Å². The van der Waals surface area contributed by atoms with E-state index in [4.69, 9.17) is 0 Å². The summed E-state index contributed by atoms with van der Waals surface area (Å²) in [5.74, 6) is 0. The van der Waals surface area contributed by atoms with E-state index in [1.165, 1.54) is 25.7 Å². The van der Waals surface area contributed by atoms with Crippen LogP contribution in [-0.2, 0) is 0 Å². The van der Waals surface area contributed by atoms with Gasteiger partial charge in [-0.1, -0.05) is 12.8 Å². The quantitative estimate of drug-likeness (QED) is 0.749.